The van der Waals surface area contributed by atoms with Crippen molar-refractivity contribution >= 4 is 0 Å². The summed E-state index contributed by atoms with van der Waals surface area (Å²) in [5.74, 6) is 0. The van der Waals surface area contributed by atoms with E-state index in [2.05, 4.69) is 27.0 Å². The summed E-state index contributed by atoms with van der Waals surface area (Å²) in [5.41, 5.74) is 0. The summed E-state index contributed by atoms with van der Waals surface area (Å²) in [5, 5.41) is 0. The van der Waals surface area contributed by atoms with E-state index in [-0.39, 0.29) is 40.8 Å². The van der Waals surface area contributed by atoms with Gasteiger partial charge in [0.15, 0.2) is 0 Å². The van der Waals surface area contributed by atoms with Gasteiger partial charge in [-0.2, -0.15) is 18.2 Å². The van der Waals surface area contributed by atoms with Gasteiger partial charge in [-0.25, -0.2) is 51.3 Å². The van der Waals surface area contributed by atoms with E-state index in [1.165, 1.54) is 12.2 Å². The summed E-state index contributed by atoms with van der Waals surface area (Å²) in [6.07, 6.45) is 3.00. The van der Waals surface area contributed by atoms with Crippen LogP contribution >= 0.6 is 0 Å². The first kappa shape index (κ1) is 17.9. The minimum absolute atomic E-state index is 0. The van der Waals surface area contributed by atoms with E-state index in [0.717, 1.165) is 0 Å². The smallest absolute Gasteiger partial charge is 0.245 e. The zero-order chi connectivity index (χ0) is 8.95. The monoisotopic (exact) mass is 289 g/mol. The Kier molecular flexibility index (Phi) is 33.4. The van der Waals surface area contributed by atoms with Gasteiger partial charge in [-0.3, -0.25) is 0 Å². The zero-order valence-corrected chi connectivity index (χ0v) is 10.6. The summed E-state index contributed by atoms with van der Waals surface area (Å²) in [6, 6.07) is 10.0. The van der Waals surface area contributed by atoms with E-state index in [1.807, 2.05) is 30.3 Å². The predicted molar refractivity (Wildman–Crippen MR) is 53.1 cm³/mol. The molecule has 0 atom stereocenters. The number of allylic oxidation sites excluding steroid dienone is 2. The molecule has 0 spiro atoms. The van der Waals surface area contributed by atoms with Crippen LogP contribution in [-0.2, 0) is 0 Å². The third kappa shape index (κ3) is 32.6. The van der Waals surface area contributed by atoms with Crippen molar-refractivity contribution in [2.45, 2.75) is 0 Å². The maximum Gasteiger partial charge on any atom is 3.00 e. The second-order valence-electron chi connectivity index (χ2n) is 1.54. The van der Waals surface area contributed by atoms with E-state index in [9.17, 15) is 0 Å². The molecule has 0 unspecified atom stereocenters. The van der Waals surface area contributed by atoms with Crippen LogP contribution in [0.25, 0.3) is 0 Å². The molecule has 0 saturated carbocycles. The van der Waals surface area contributed by atoms with Gasteiger partial charge >= 0.3 is 40.8 Å². The van der Waals surface area contributed by atoms with Crippen molar-refractivity contribution in [3.05, 3.63) is 69.5 Å². The zero-order valence-electron chi connectivity index (χ0n) is 7.37. The fraction of sp³-hybridized carbons (Fsp3) is 0. The molecule has 0 bridgehead atoms. The fourth-order valence-electron chi connectivity index (χ4n) is 0.321. The van der Waals surface area contributed by atoms with Gasteiger partial charge in [0.2, 0.25) is 0 Å². The Morgan fingerprint density at radius 1 is 1.00 bits per heavy atom. The number of hydrogen-bond acceptors (Lipinski definition) is 0. The Morgan fingerprint density at radius 3 is 1.33 bits per heavy atom. The maximum absolute atomic E-state index is 3.25. The summed E-state index contributed by atoms with van der Waals surface area (Å²) < 4.78 is 0. The molecule has 1 aromatic rings. The molecule has 1 rings (SSSR count). The molecule has 0 saturated heterocycles. The SMILES string of the molecule is C=C[CH2-].C=C[CH2-].[Nd+3].c1cc[cH-]c1. The van der Waals surface area contributed by atoms with Crippen LogP contribution in [-0.4, -0.2) is 0 Å². The molecule has 1 radical (unpaired) electrons. The molecule has 0 aliphatic heterocycles. The molecule has 0 heterocycles. The van der Waals surface area contributed by atoms with E-state index < -0.39 is 0 Å². The summed E-state index contributed by atoms with van der Waals surface area (Å²) in [7, 11) is 0. The van der Waals surface area contributed by atoms with Gasteiger partial charge in [-0.15, -0.1) is 0 Å². The Balaban J connectivity index is -0.000000104. The molecule has 0 aliphatic carbocycles. The largest absolute Gasteiger partial charge is 3.00 e. The van der Waals surface area contributed by atoms with E-state index in [0.29, 0.717) is 0 Å². The first-order chi connectivity index (χ1) is 5.33. The third-order valence-electron chi connectivity index (χ3n) is 0.556. The Morgan fingerprint density at radius 2 is 1.25 bits per heavy atom. The van der Waals surface area contributed by atoms with Gasteiger partial charge in [0, 0.05) is 0 Å². The molecule has 1 aromatic carbocycles. The second kappa shape index (κ2) is 22.4. The van der Waals surface area contributed by atoms with Crippen molar-refractivity contribution < 1.29 is 40.8 Å². The quantitative estimate of drug-likeness (QED) is 0.643. The van der Waals surface area contributed by atoms with Crippen molar-refractivity contribution in [1.82, 2.24) is 0 Å². The first-order valence-corrected chi connectivity index (χ1v) is 3.30. The molecular formula is C11H15Nd. The van der Waals surface area contributed by atoms with Crippen LogP contribution in [0.5, 0.6) is 0 Å². The van der Waals surface area contributed by atoms with E-state index in [4.69, 9.17) is 0 Å². The molecule has 0 aromatic heterocycles. The van der Waals surface area contributed by atoms with Crippen molar-refractivity contribution in [1.29, 1.82) is 0 Å². The van der Waals surface area contributed by atoms with Crippen molar-refractivity contribution in [2.24, 2.45) is 0 Å². The Bertz CT molecular complexity index is 117. The van der Waals surface area contributed by atoms with Crippen LogP contribution in [0.4, 0.5) is 0 Å². The van der Waals surface area contributed by atoms with Gasteiger partial charge < -0.3 is 0 Å². The molecule has 0 aliphatic rings. The minimum Gasteiger partial charge on any atom is -0.245 e. The molecule has 12 heavy (non-hydrogen) atoms. The summed E-state index contributed by atoms with van der Waals surface area (Å²) in [6.45, 7) is 13.0. The van der Waals surface area contributed by atoms with Crippen molar-refractivity contribution in [3.8, 4) is 0 Å². The standard InChI is InChI=1S/C5H5.2C3H5.Nd/c1-2-4-5-3-1;2*1-3-2;/h1-5H;2*3H,1-2H2;/q3*-1;+3. The average molecular weight is 291 g/mol. The van der Waals surface area contributed by atoms with Gasteiger partial charge in [-0.05, 0) is 0 Å². The Hall–Kier alpha value is -0.0794. The molecule has 0 amide bonds. The van der Waals surface area contributed by atoms with Crippen molar-refractivity contribution in [3.63, 3.8) is 0 Å². The van der Waals surface area contributed by atoms with Gasteiger partial charge in [-0.1, -0.05) is 0 Å². The minimum atomic E-state index is 0. The molecular weight excluding hydrogens is 276 g/mol. The first-order valence-electron chi connectivity index (χ1n) is 3.30. The van der Waals surface area contributed by atoms with Crippen LogP contribution in [0, 0.1) is 54.7 Å². The van der Waals surface area contributed by atoms with Gasteiger partial charge in [0.25, 0.3) is 0 Å². The number of hydrogen-bond donors (Lipinski definition) is 0. The van der Waals surface area contributed by atoms with Crippen molar-refractivity contribution in [2.75, 3.05) is 0 Å². The summed E-state index contributed by atoms with van der Waals surface area (Å²) in [4.78, 5) is 0. The molecule has 0 N–H and O–H groups in total. The number of rotatable bonds is 0. The van der Waals surface area contributed by atoms with Crippen LogP contribution in [0.2, 0.25) is 0 Å². The van der Waals surface area contributed by atoms with E-state index >= 15 is 0 Å². The van der Waals surface area contributed by atoms with Gasteiger partial charge in [0.05, 0.1) is 0 Å². The van der Waals surface area contributed by atoms with Crippen LogP contribution in [0.15, 0.2) is 55.6 Å². The predicted octanol–water partition coefficient (Wildman–Crippen LogP) is 3.42. The molecule has 1 heteroatoms. The summed E-state index contributed by atoms with van der Waals surface area (Å²) >= 11 is 0. The van der Waals surface area contributed by atoms with Crippen LogP contribution < -0.4 is 0 Å². The fourth-order valence-corrected chi connectivity index (χ4v) is 0.321. The van der Waals surface area contributed by atoms with Crippen LogP contribution in [0.3, 0.4) is 0 Å². The average Bonchev–Trinajstić information content (AvgIpc) is 2.44. The third-order valence-corrected chi connectivity index (χ3v) is 0.556. The van der Waals surface area contributed by atoms with Crippen LogP contribution in [0.1, 0.15) is 0 Å². The van der Waals surface area contributed by atoms with E-state index in [1.54, 1.807) is 0 Å². The molecule has 0 fully saturated rings. The normalized spacial score (nSPS) is 5.33. The molecule has 63 valence electrons. The molecule has 0 nitrogen and oxygen atoms in total. The second-order valence-corrected chi connectivity index (χ2v) is 1.54. The topological polar surface area (TPSA) is 0 Å². The Labute approximate surface area is 109 Å². The maximum atomic E-state index is 3.25. The van der Waals surface area contributed by atoms with Gasteiger partial charge in [0.1, 0.15) is 0 Å².